The van der Waals surface area contributed by atoms with Crippen molar-refractivity contribution >= 4 is 23.2 Å². The minimum atomic E-state index is -0.343. The van der Waals surface area contributed by atoms with Gasteiger partial charge in [0.05, 0.1) is 6.42 Å². The summed E-state index contributed by atoms with van der Waals surface area (Å²) in [5, 5.41) is 4.81. The van der Waals surface area contributed by atoms with E-state index in [2.05, 4.69) is 5.32 Å². The lowest BCUT2D eigenvalue weighted by molar-refractivity contribution is -0.134. The molecule has 1 aromatic heterocycles. The molecule has 2 rings (SSSR count). The lowest BCUT2D eigenvalue weighted by Crippen LogP contribution is -2.46. The summed E-state index contributed by atoms with van der Waals surface area (Å²) < 4.78 is 0. The molecule has 4 nitrogen and oxygen atoms in total. The average molecular weight is 266 g/mol. The topological polar surface area (TPSA) is 49.4 Å². The SMILES string of the molecule is CN1CCCCC(NC(=O)Cc2cccs2)C1=O. The van der Waals surface area contributed by atoms with Crippen LogP contribution >= 0.6 is 11.3 Å². The van der Waals surface area contributed by atoms with Crippen LogP contribution in [0.1, 0.15) is 24.1 Å². The van der Waals surface area contributed by atoms with Crippen molar-refractivity contribution in [1.29, 1.82) is 0 Å². The van der Waals surface area contributed by atoms with Gasteiger partial charge in [0.25, 0.3) is 0 Å². The van der Waals surface area contributed by atoms with Gasteiger partial charge in [-0.2, -0.15) is 0 Å². The Labute approximate surface area is 111 Å². The number of hydrogen-bond acceptors (Lipinski definition) is 3. The summed E-state index contributed by atoms with van der Waals surface area (Å²) >= 11 is 1.56. The van der Waals surface area contributed by atoms with Crippen LogP contribution in [0.3, 0.4) is 0 Å². The van der Waals surface area contributed by atoms with Gasteiger partial charge in [0.2, 0.25) is 11.8 Å². The van der Waals surface area contributed by atoms with Crippen LogP contribution in [-0.4, -0.2) is 36.3 Å². The largest absolute Gasteiger partial charge is 0.344 e. The van der Waals surface area contributed by atoms with Crippen LogP contribution in [0.5, 0.6) is 0 Å². The third-order valence-corrected chi connectivity index (χ3v) is 4.04. The van der Waals surface area contributed by atoms with Gasteiger partial charge in [-0.15, -0.1) is 11.3 Å². The molecular weight excluding hydrogens is 248 g/mol. The summed E-state index contributed by atoms with van der Waals surface area (Å²) in [4.78, 5) is 26.6. The zero-order valence-corrected chi connectivity index (χ0v) is 11.3. The van der Waals surface area contributed by atoms with Crippen molar-refractivity contribution in [2.45, 2.75) is 31.7 Å². The van der Waals surface area contributed by atoms with Gasteiger partial charge in [-0.1, -0.05) is 6.07 Å². The van der Waals surface area contributed by atoms with E-state index < -0.39 is 0 Å². The zero-order valence-electron chi connectivity index (χ0n) is 10.5. The van der Waals surface area contributed by atoms with Gasteiger partial charge in [-0.05, 0) is 30.7 Å². The molecule has 5 heteroatoms. The Hall–Kier alpha value is -1.36. The van der Waals surface area contributed by atoms with Crippen molar-refractivity contribution in [3.63, 3.8) is 0 Å². The number of nitrogens with zero attached hydrogens (tertiary/aromatic N) is 1. The van der Waals surface area contributed by atoms with Crippen LogP contribution < -0.4 is 5.32 Å². The van der Waals surface area contributed by atoms with Gasteiger partial charge in [-0.3, -0.25) is 9.59 Å². The number of rotatable bonds is 3. The molecular formula is C13H18N2O2S. The maximum atomic E-state index is 12.0. The molecule has 1 aliphatic heterocycles. The van der Waals surface area contributed by atoms with Gasteiger partial charge >= 0.3 is 0 Å². The highest BCUT2D eigenvalue weighted by Crippen LogP contribution is 2.12. The van der Waals surface area contributed by atoms with Crippen LogP contribution in [0.4, 0.5) is 0 Å². The monoisotopic (exact) mass is 266 g/mol. The minimum Gasteiger partial charge on any atom is -0.344 e. The molecule has 1 unspecified atom stereocenters. The second kappa shape index (κ2) is 6.00. The first-order chi connectivity index (χ1) is 8.66. The van der Waals surface area contributed by atoms with Gasteiger partial charge in [0.1, 0.15) is 6.04 Å². The van der Waals surface area contributed by atoms with Crippen LogP contribution in [-0.2, 0) is 16.0 Å². The molecule has 1 fully saturated rings. The molecule has 0 radical (unpaired) electrons. The number of likely N-dealkylation sites (tertiary alicyclic amines) is 1. The Morgan fingerprint density at radius 1 is 1.56 bits per heavy atom. The third-order valence-electron chi connectivity index (χ3n) is 3.16. The van der Waals surface area contributed by atoms with E-state index in [0.29, 0.717) is 6.42 Å². The van der Waals surface area contributed by atoms with Gasteiger partial charge in [-0.25, -0.2) is 0 Å². The molecule has 0 spiro atoms. The zero-order chi connectivity index (χ0) is 13.0. The number of nitrogens with one attached hydrogen (secondary N) is 1. The first-order valence-corrected chi connectivity index (χ1v) is 7.11. The van der Waals surface area contributed by atoms with Crippen molar-refractivity contribution in [2.75, 3.05) is 13.6 Å². The molecule has 0 saturated carbocycles. The molecule has 18 heavy (non-hydrogen) atoms. The molecule has 98 valence electrons. The molecule has 1 aromatic rings. The van der Waals surface area contributed by atoms with Crippen LogP contribution in [0.25, 0.3) is 0 Å². The number of amides is 2. The molecule has 1 aliphatic rings. The van der Waals surface area contributed by atoms with E-state index >= 15 is 0 Å². The van der Waals surface area contributed by atoms with E-state index in [0.717, 1.165) is 30.7 Å². The highest BCUT2D eigenvalue weighted by molar-refractivity contribution is 7.10. The second-order valence-electron chi connectivity index (χ2n) is 4.63. The van der Waals surface area contributed by atoms with E-state index in [1.165, 1.54) is 0 Å². The number of thiophene rings is 1. The summed E-state index contributed by atoms with van der Waals surface area (Å²) in [6.07, 6.45) is 3.12. The fourth-order valence-corrected chi connectivity index (χ4v) is 2.85. The second-order valence-corrected chi connectivity index (χ2v) is 5.66. The van der Waals surface area contributed by atoms with Crippen LogP contribution in [0.15, 0.2) is 17.5 Å². The number of hydrogen-bond donors (Lipinski definition) is 1. The summed E-state index contributed by atoms with van der Waals surface area (Å²) in [5.74, 6) is -0.0295. The number of carbonyl (C=O) groups is 2. The molecule has 1 atom stereocenters. The fourth-order valence-electron chi connectivity index (χ4n) is 2.15. The van der Waals surface area contributed by atoms with Gasteiger partial charge in [0, 0.05) is 18.5 Å². The quantitative estimate of drug-likeness (QED) is 0.899. The lowest BCUT2D eigenvalue weighted by atomic mass is 10.1. The van der Waals surface area contributed by atoms with Crippen molar-refractivity contribution in [3.05, 3.63) is 22.4 Å². The lowest BCUT2D eigenvalue weighted by Gasteiger charge is -2.20. The van der Waals surface area contributed by atoms with Crippen molar-refractivity contribution < 1.29 is 9.59 Å². The van der Waals surface area contributed by atoms with Gasteiger partial charge in [0.15, 0.2) is 0 Å². The van der Waals surface area contributed by atoms with Crippen molar-refractivity contribution in [3.8, 4) is 0 Å². The number of likely N-dealkylation sites (N-methyl/N-ethyl adjacent to an activating group) is 1. The highest BCUT2D eigenvalue weighted by atomic mass is 32.1. The Morgan fingerprint density at radius 3 is 3.11 bits per heavy atom. The molecule has 2 amide bonds. The van der Waals surface area contributed by atoms with Crippen molar-refractivity contribution in [2.24, 2.45) is 0 Å². The third kappa shape index (κ3) is 3.32. The summed E-state index contributed by atoms with van der Waals surface area (Å²) in [6, 6.07) is 3.52. The van der Waals surface area contributed by atoms with E-state index in [1.54, 1.807) is 23.3 Å². The van der Waals surface area contributed by atoms with Crippen LogP contribution in [0.2, 0.25) is 0 Å². The van der Waals surface area contributed by atoms with E-state index in [-0.39, 0.29) is 17.9 Å². The molecule has 2 heterocycles. The Morgan fingerprint density at radius 2 is 2.39 bits per heavy atom. The first kappa shape index (κ1) is 13.1. The molecule has 1 N–H and O–H groups in total. The smallest absolute Gasteiger partial charge is 0.244 e. The molecule has 0 aliphatic carbocycles. The predicted molar refractivity (Wildman–Crippen MR) is 71.4 cm³/mol. The summed E-state index contributed by atoms with van der Waals surface area (Å²) in [7, 11) is 1.80. The standard InChI is InChI=1S/C13H18N2O2S/c1-15-7-3-2-6-11(13(15)17)14-12(16)9-10-5-4-8-18-10/h4-5,8,11H,2-3,6-7,9H2,1H3,(H,14,16). The highest BCUT2D eigenvalue weighted by Gasteiger charge is 2.25. The molecule has 1 saturated heterocycles. The maximum Gasteiger partial charge on any atom is 0.244 e. The minimum absolute atomic E-state index is 0.0343. The van der Waals surface area contributed by atoms with Crippen molar-refractivity contribution in [1.82, 2.24) is 10.2 Å². The average Bonchev–Trinajstić information content (AvgIpc) is 2.79. The van der Waals surface area contributed by atoms with Gasteiger partial charge < -0.3 is 10.2 Å². The maximum absolute atomic E-state index is 12.0. The Balaban J connectivity index is 1.91. The normalized spacial score (nSPS) is 20.6. The Kier molecular flexibility index (Phi) is 4.36. The first-order valence-electron chi connectivity index (χ1n) is 6.23. The Bertz CT molecular complexity index is 417. The van der Waals surface area contributed by atoms with Crippen LogP contribution in [0, 0.1) is 0 Å². The molecule has 0 aromatic carbocycles. The summed E-state index contributed by atoms with van der Waals surface area (Å²) in [6.45, 7) is 0.788. The van der Waals surface area contributed by atoms with E-state index in [1.807, 2.05) is 17.5 Å². The summed E-state index contributed by atoms with van der Waals surface area (Å²) in [5.41, 5.74) is 0. The fraction of sp³-hybridized carbons (Fsp3) is 0.538. The molecule has 0 bridgehead atoms. The predicted octanol–water partition coefficient (Wildman–Crippen LogP) is 1.42. The number of carbonyl (C=O) groups excluding carboxylic acids is 2. The van der Waals surface area contributed by atoms with E-state index in [9.17, 15) is 9.59 Å². The van der Waals surface area contributed by atoms with E-state index in [4.69, 9.17) is 0 Å².